The maximum absolute atomic E-state index is 12.7. The van der Waals surface area contributed by atoms with Gasteiger partial charge in [0.05, 0.1) is 0 Å². The fourth-order valence-electron chi connectivity index (χ4n) is 3.40. The van der Waals surface area contributed by atoms with Crippen LogP contribution in [0.25, 0.3) is 0 Å². The first-order chi connectivity index (χ1) is 11.2. The van der Waals surface area contributed by atoms with E-state index in [1.165, 1.54) is 0 Å². The molecular formula is C17H31N3O2S. The number of hydrogen-bond acceptors (Lipinski definition) is 4. The summed E-state index contributed by atoms with van der Waals surface area (Å²) in [4.78, 5) is 25.2. The largest absolute Gasteiger partial charge is 0.354 e. The molecule has 1 unspecified atom stereocenters. The molecule has 1 aliphatic carbocycles. The lowest BCUT2D eigenvalue weighted by Crippen LogP contribution is -2.60. The molecule has 0 spiro atoms. The van der Waals surface area contributed by atoms with Crippen molar-refractivity contribution in [3.8, 4) is 0 Å². The first-order valence-electron chi connectivity index (χ1n) is 9.07. The van der Waals surface area contributed by atoms with Crippen LogP contribution in [-0.4, -0.2) is 48.0 Å². The highest BCUT2D eigenvalue weighted by atomic mass is 32.2. The molecule has 2 rings (SSSR count). The van der Waals surface area contributed by atoms with E-state index in [2.05, 4.69) is 22.9 Å². The third kappa shape index (κ3) is 5.68. The fourth-order valence-corrected chi connectivity index (χ4v) is 4.35. The highest BCUT2D eigenvalue weighted by molar-refractivity contribution is 7.99. The normalized spacial score (nSPS) is 24.0. The van der Waals surface area contributed by atoms with Gasteiger partial charge in [0.25, 0.3) is 0 Å². The predicted molar refractivity (Wildman–Crippen MR) is 95.6 cm³/mol. The molecule has 132 valence electrons. The van der Waals surface area contributed by atoms with Gasteiger partial charge in [-0.05, 0) is 19.3 Å². The molecule has 0 bridgehead atoms. The third-order valence-electron chi connectivity index (χ3n) is 4.77. The second kappa shape index (κ2) is 9.52. The van der Waals surface area contributed by atoms with Gasteiger partial charge >= 0.3 is 0 Å². The molecule has 1 heterocycles. The van der Waals surface area contributed by atoms with Gasteiger partial charge in [0.2, 0.25) is 11.8 Å². The minimum absolute atomic E-state index is 0.0116. The van der Waals surface area contributed by atoms with Crippen molar-refractivity contribution in [1.82, 2.24) is 16.0 Å². The van der Waals surface area contributed by atoms with Crippen LogP contribution < -0.4 is 16.0 Å². The van der Waals surface area contributed by atoms with Gasteiger partial charge < -0.3 is 16.0 Å². The van der Waals surface area contributed by atoms with Gasteiger partial charge in [-0.15, -0.1) is 0 Å². The second-order valence-electron chi connectivity index (χ2n) is 6.73. The smallest absolute Gasteiger partial charge is 0.245 e. The standard InChI is InChI=1S/C17H31N3O2S/c1-2-3-9-19-16(22)17(7-5-4-6-8-17)20-15(21)12-14-13-23-11-10-18-14/h14,18H,2-13H2,1H3,(H,19,22)(H,20,21). The molecule has 1 atom stereocenters. The third-order valence-corrected chi connectivity index (χ3v) is 5.90. The maximum Gasteiger partial charge on any atom is 0.245 e. The van der Waals surface area contributed by atoms with E-state index in [0.29, 0.717) is 13.0 Å². The van der Waals surface area contributed by atoms with Crippen LogP contribution in [0.15, 0.2) is 0 Å². The molecule has 5 nitrogen and oxygen atoms in total. The quantitative estimate of drug-likeness (QED) is 0.618. The summed E-state index contributed by atoms with van der Waals surface area (Å²) in [5.41, 5.74) is -0.676. The Hall–Kier alpha value is -0.750. The van der Waals surface area contributed by atoms with E-state index < -0.39 is 5.54 Å². The van der Waals surface area contributed by atoms with E-state index >= 15 is 0 Å². The first-order valence-corrected chi connectivity index (χ1v) is 10.2. The summed E-state index contributed by atoms with van der Waals surface area (Å²) in [6, 6.07) is 0.234. The Balaban J connectivity index is 1.91. The van der Waals surface area contributed by atoms with Crippen molar-refractivity contribution < 1.29 is 9.59 Å². The molecule has 3 N–H and O–H groups in total. The highest BCUT2D eigenvalue weighted by Gasteiger charge is 2.40. The summed E-state index contributed by atoms with van der Waals surface area (Å²) in [6.45, 7) is 3.78. The minimum atomic E-state index is -0.676. The van der Waals surface area contributed by atoms with Crippen LogP contribution >= 0.6 is 11.8 Å². The Morgan fingerprint density at radius 2 is 2.04 bits per heavy atom. The zero-order valence-corrected chi connectivity index (χ0v) is 15.1. The van der Waals surface area contributed by atoms with Gasteiger partial charge in [-0.2, -0.15) is 11.8 Å². The summed E-state index contributed by atoms with van der Waals surface area (Å²) in [5, 5.41) is 9.52. The molecule has 2 amide bonds. The van der Waals surface area contributed by atoms with Crippen molar-refractivity contribution in [1.29, 1.82) is 0 Å². The van der Waals surface area contributed by atoms with E-state index in [1.807, 2.05) is 11.8 Å². The number of amides is 2. The van der Waals surface area contributed by atoms with E-state index in [-0.39, 0.29) is 17.9 Å². The zero-order valence-electron chi connectivity index (χ0n) is 14.3. The molecule has 0 aromatic heterocycles. The summed E-state index contributed by atoms with van der Waals surface area (Å²) < 4.78 is 0. The lowest BCUT2D eigenvalue weighted by molar-refractivity contribution is -0.135. The molecular weight excluding hydrogens is 310 g/mol. The van der Waals surface area contributed by atoms with Crippen LogP contribution in [0.3, 0.4) is 0 Å². The lowest BCUT2D eigenvalue weighted by Gasteiger charge is -2.37. The van der Waals surface area contributed by atoms with Crippen LogP contribution in [0.1, 0.15) is 58.3 Å². The maximum atomic E-state index is 12.7. The number of rotatable bonds is 7. The van der Waals surface area contributed by atoms with Gasteiger partial charge in [0, 0.05) is 37.1 Å². The van der Waals surface area contributed by atoms with Gasteiger partial charge in [0.1, 0.15) is 5.54 Å². The van der Waals surface area contributed by atoms with Gasteiger partial charge in [0.15, 0.2) is 0 Å². The van der Waals surface area contributed by atoms with Gasteiger partial charge in [-0.1, -0.05) is 32.6 Å². The molecule has 0 radical (unpaired) electrons. The SMILES string of the molecule is CCCCNC(=O)C1(NC(=O)CC2CSCCN2)CCCCC1. The van der Waals surface area contributed by atoms with Crippen molar-refractivity contribution in [2.45, 2.75) is 69.9 Å². The second-order valence-corrected chi connectivity index (χ2v) is 7.88. The molecule has 1 aliphatic heterocycles. The molecule has 0 aromatic rings. The monoisotopic (exact) mass is 341 g/mol. The predicted octanol–water partition coefficient (Wildman–Crippen LogP) is 1.82. The molecule has 1 saturated carbocycles. The molecule has 1 saturated heterocycles. The Labute approximate surface area is 144 Å². The van der Waals surface area contributed by atoms with Crippen molar-refractivity contribution in [3.63, 3.8) is 0 Å². The van der Waals surface area contributed by atoms with E-state index in [1.54, 1.807) is 0 Å². The molecule has 0 aromatic carbocycles. The van der Waals surface area contributed by atoms with Crippen molar-refractivity contribution in [2.75, 3.05) is 24.6 Å². The minimum Gasteiger partial charge on any atom is -0.354 e. The molecule has 23 heavy (non-hydrogen) atoms. The number of nitrogens with one attached hydrogen (secondary N) is 3. The van der Waals surface area contributed by atoms with E-state index in [9.17, 15) is 9.59 Å². The summed E-state index contributed by atoms with van der Waals surface area (Å²) in [6.07, 6.45) is 7.23. The van der Waals surface area contributed by atoms with Gasteiger partial charge in [-0.25, -0.2) is 0 Å². The number of unbranched alkanes of at least 4 members (excludes halogenated alkanes) is 1. The summed E-state index contributed by atoms with van der Waals surface area (Å²) in [7, 11) is 0. The highest BCUT2D eigenvalue weighted by Crippen LogP contribution is 2.29. The number of carbonyl (C=O) groups is 2. The average molecular weight is 342 g/mol. The lowest BCUT2D eigenvalue weighted by atomic mass is 9.80. The fraction of sp³-hybridized carbons (Fsp3) is 0.882. The summed E-state index contributed by atoms with van der Waals surface area (Å²) in [5.74, 6) is 2.12. The number of thioether (sulfide) groups is 1. The van der Waals surface area contributed by atoms with E-state index in [4.69, 9.17) is 0 Å². The number of carbonyl (C=O) groups excluding carboxylic acids is 2. The zero-order chi connectivity index (χ0) is 16.5. The number of hydrogen-bond donors (Lipinski definition) is 3. The van der Waals surface area contributed by atoms with Crippen molar-refractivity contribution in [2.24, 2.45) is 0 Å². The Kier molecular flexibility index (Phi) is 7.70. The Morgan fingerprint density at radius 1 is 1.26 bits per heavy atom. The molecule has 2 fully saturated rings. The molecule has 6 heteroatoms. The summed E-state index contributed by atoms with van der Waals surface area (Å²) >= 11 is 1.89. The first kappa shape index (κ1) is 18.6. The van der Waals surface area contributed by atoms with Gasteiger partial charge in [-0.3, -0.25) is 9.59 Å². The Morgan fingerprint density at radius 3 is 2.70 bits per heavy atom. The van der Waals surface area contributed by atoms with E-state index in [0.717, 1.165) is 63.0 Å². The molecule has 2 aliphatic rings. The van der Waals surface area contributed by atoms with Crippen LogP contribution in [-0.2, 0) is 9.59 Å². The van der Waals surface area contributed by atoms with Crippen molar-refractivity contribution >= 4 is 23.6 Å². The van der Waals surface area contributed by atoms with Crippen LogP contribution in [0.2, 0.25) is 0 Å². The van der Waals surface area contributed by atoms with Crippen LogP contribution in [0, 0.1) is 0 Å². The average Bonchev–Trinajstić information content (AvgIpc) is 2.56. The topological polar surface area (TPSA) is 70.2 Å². The van der Waals surface area contributed by atoms with Crippen LogP contribution in [0.5, 0.6) is 0 Å². The van der Waals surface area contributed by atoms with Crippen LogP contribution in [0.4, 0.5) is 0 Å². The Bertz CT molecular complexity index is 391. The van der Waals surface area contributed by atoms with Crippen molar-refractivity contribution in [3.05, 3.63) is 0 Å².